The summed E-state index contributed by atoms with van der Waals surface area (Å²) < 4.78 is 33.2. The highest BCUT2D eigenvalue weighted by Crippen LogP contribution is 2.36. The third kappa shape index (κ3) is 2.96. The molecule has 7 nitrogen and oxygen atoms in total. The van der Waals surface area contributed by atoms with Crippen LogP contribution in [0.25, 0.3) is 0 Å². The van der Waals surface area contributed by atoms with Gasteiger partial charge in [-0.15, -0.1) is 0 Å². The molecule has 116 valence electrons. The summed E-state index contributed by atoms with van der Waals surface area (Å²) in [4.78, 5) is 13.5. The molecule has 1 aromatic carbocycles. The van der Waals surface area contributed by atoms with Crippen molar-refractivity contribution in [3.05, 3.63) is 17.7 Å². The predicted molar refractivity (Wildman–Crippen MR) is 78.1 cm³/mol. The number of methoxy groups -OCH3 is 2. The van der Waals surface area contributed by atoms with E-state index in [-0.39, 0.29) is 18.9 Å². The second-order valence-electron chi connectivity index (χ2n) is 4.91. The van der Waals surface area contributed by atoms with Crippen molar-refractivity contribution in [1.29, 1.82) is 0 Å². The number of carbonyl (C=O) groups excluding carboxylic acids is 1. The van der Waals surface area contributed by atoms with Gasteiger partial charge >= 0.3 is 0 Å². The molecule has 1 amide bonds. The van der Waals surface area contributed by atoms with Crippen LogP contribution in [0.4, 0.5) is 5.69 Å². The van der Waals surface area contributed by atoms with Gasteiger partial charge in [-0.1, -0.05) is 0 Å². The van der Waals surface area contributed by atoms with E-state index in [4.69, 9.17) is 14.6 Å². The average molecular weight is 314 g/mol. The molecule has 0 aliphatic carbocycles. The maximum Gasteiger partial charge on any atom is 0.228 e. The van der Waals surface area contributed by atoms with Gasteiger partial charge in [0, 0.05) is 19.0 Å². The van der Waals surface area contributed by atoms with Crippen LogP contribution in [0, 0.1) is 6.92 Å². The summed E-state index contributed by atoms with van der Waals surface area (Å²) in [6, 6.07) is 3.41. The Morgan fingerprint density at radius 2 is 1.81 bits per heavy atom. The lowest BCUT2D eigenvalue weighted by Crippen LogP contribution is -2.32. The zero-order chi connectivity index (χ0) is 15.8. The van der Waals surface area contributed by atoms with E-state index in [1.807, 2.05) is 6.92 Å². The second-order valence-corrected chi connectivity index (χ2v) is 6.76. The van der Waals surface area contributed by atoms with Gasteiger partial charge in [-0.05, 0) is 18.6 Å². The van der Waals surface area contributed by atoms with Crippen molar-refractivity contribution >= 4 is 21.6 Å². The van der Waals surface area contributed by atoms with E-state index in [1.165, 1.54) is 19.1 Å². The first-order chi connectivity index (χ1) is 9.77. The molecule has 1 aliphatic rings. The Morgan fingerprint density at radius 1 is 1.24 bits per heavy atom. The molecule has 0 saturated carbocycles. The highest BCUT2D eigenvalue weighted by Gasteiger charge is 2.37. The summed E-state index contributed by atoms with van der Waals surface area (Å²) in [5, 5.41) is 4.25. The molecule has 1 atom stereocenters. The van der Waals surface area contributed by atoms with Crippen LogP contribution in [-0.4, -0.2) is 40.3 Å². The van der Waals surface area contributed by atoms with Gasteiger partial charge in [-0.2, -0.15) is 0 Å². The van der Waals surface area contributed by atoms with Crippen molar-refractivity contribution in [3.8, 4) is 11.5 Å². The molecule has 0 spiro atoms. The van der Waals surface area contributed by atoms with Crippen LogP contribution < -0.4 is 19.5 Å². The van der Waals surface area contributed by atoms with Crippen LogP contribution in [0.2, 0.25) is 0 Å². The number of nitrogens with zero attached hydrogens (tertiary/aromatic N) is 1. The smallest absolute Gasteiger partial charge is 0.228 e. The number of aryl methyl sites for hydroxylation is 1. The Bertz CT molecular complexity index is 671. The molecule has 1 fully saturated rings. The molecule has 2 N–H and O–H groups in total. The highest BCUT2D eigenvalue weighted by molar-refractivity contribution is 7.89. The Balaban J connectivity index is 2.41. The standard InChI is InChI=1S/C13H18N2O5S/c1-8-4-11(19-2)12(20-3)6-10(8)15-7-9(5-13(15)16)21(14,17)18/h4,6,9H,5,7H2,1-3H3,(H2,14,17,18). The largest absolute Gasteiger partial charge is 0.493 e. The van der Waals surface area contributed by atoms with E-state index in [2.05, 4.69) is 0 Å². The lowest BCUT2D eigenvalue weighted by molar-refractivity contribution is -0.117. The van der Waals surface area contributed by atoms with Crippen LogP contribution in [0.5, 0.6) is 11.5 Å². The van der Waals surface area contributed by atoms with Crippen molar-refractivity contribution in [1.82, 2.24) is 0 Å². The second kappa shape index (κ2) is 5.53. The molecular formula is C13H18N2O5S. The summed E-state index contributed by atoms with van der Waals surface area (Å²) >= 11 is 0. The molecule has 21 heavy (non-hydrogen) atoms. The fourth-order valence-electron chi connectivity index (χ4n) is 2.39. The van der Waals surface area contributed by atoms with Crippen molar-refractivity contribution < 1.29 is 22.7 Å². The third-order valence-electron chi connectivity index (χ3n) is 3.55. The molecule has 1 unspecified atom stereocenters. The monoisotopic (exact) mass is 314 g/mol. The van der Waals surface area contributed by atoms with Crippen molar-refractivity contribution in [2.75, 3.05) is 25.7 Å². The van der Waals surface area contributed by atoms with Crippen molar-refractivity contribution in [2.24, 2.45) is 5.14 Å². The third-order valence-corrected chi connectivity index (χ3v) is 4.79. The summed E-state index contributed by atoms with van der Waals surface area (Å²) in [5.41, 5.74) is 1.39. The SMILES string of the molecule is COc1cc(C)c(N2CC(S(N)(=O)=O)CC2=O)cc1OC. The minimum Gasteiger partial charge on any atom is -0.493 e. The van der Waals surface area contributed by atoms with Gasteiger partial charge in [0.05, 0.1) is 19.9 Å². The zero-order valence-corrected chi connectivity index (χ0v) is 12.9. The fraction of sp³-hybridized carbons (Fsp3) is 0.462. The first-order valence-electron chi connectivity index (χ1n) is 6.32. The summed E-state index contributed by atoms with van der Waals surface area (Å²) in [6.45, 7) is 1.86. The Hall–Kier alpha value is -1.80. The first kappa shape index (κ1) is 15.6. The Labute approximate surface area is 123 Å². The Morgan fingerprint density at radius 3 is 2.29 bits per heavy atom. The topological polar surface area (TPSA) is 98.9 Å². The lowest BCUT2D eigenvalue weighted by Gasteiger charge is -2.21. The number of sulfonamides is 1. The molecule has 1 heterocycles. The number of primary sulfonamides is 1. The lowest BCUT2D eigenvalue weighted by atomic mass is 10.1. The van der Waals surface area contributed by atoms with E-state index in [1.54, 1.807) is 12.1 Å². The Kier molecular flexibility index (Phi) is 4.11. The molecule has 1 aliphatic heterocycles. The number of benzene rings is 1. The number of nitrogens with two attached hydrogens (primary N) is 1. The van der Waals surface area contributed by atoms with E-state index in [9.17, 15) is 13.2 Å². The van der Waals surface area contributed by atoms with E-state index < -0.39 is 15.3 Å². The zero-order valence-electron chi connectivity index (χ0n) is 12.1. The number of amides is 1. The molecule has 1 aromatic rings. The van der Waals surface area contributed by atoms with Crippen LogP contribution in [-0.2, 0) is 14.8 Å². The van der Waals surface area contributed by atoms with Gasteiger partial charge in [-0.3, -0.25) is 4.79 Å². The number of anilines is 1. The molecular weight excluding hydrogens is 296 g/mol. The summed E-state index contributed by atoms with van der Waals surface area (Å²) in [6.07, 6.45) is -0.105. The van der Waals surface area contributed by atoms with E-state index >= 15 is 0 Å². The van der Waals surface area contributed by atoms with Gasteiger partial charge in [0.25, 0.3) is 0 Å². The molecule has 2 rings (SSSR count). The quantitative estimate of drug-likeness (QED) is 0.867. The van der Waals surface area contributed by atoms with Crippen LogP contribution >= 0.6 is 0 Å². The van der Waals surface area contributed by atoms with E-state index in [0.29, 0.717) is 17.2 Å². The summed E-state index contributed by atoms with van der Waals surface area (Å²) in [7, 11) is -0.717. The normalized spacial score (nSPS) is 19.0. The average Bonchev–Trinajstić information content (AvgIpc) is 2.80. The number of ether oxygens (including phenoxy) is 2. The van der Waals surface area contributed by atoms with Crippen LogP contribution in [0.3, 0.4) is 0 Å². The van der Waals surface area contributed by atoms with Gasteiger partial charge in [-0.25, -0.2) is 13.6 Å². The minimum atomic E-state index is -3.74. The molecule has 0 radical (unpaired) electrons. The number of carbonyl (C=O) groups is 1. The van der Waals surface area contributed by atoms with Crippen LogP contribution in [0.15, 0.2) is 12.1 Å². The predicted octanol–water partition coefficient (Wildman–Crippen LogP) is 0.406. The first-order valence-corrected chi connectivity index (χ1v) is 7.93. The molecule has 0 aromatic heterocycles. The van der Waals surface area contributed by atoms with Gasteiger partial charge in [0.15, 0.2) is 11.5 Å². The number of hydrogen-bond donors (Lipinski definition) is 1. The maximum atomic E-state index is 12.1. The van der Waals surface area contributed by atoms with Crippen molar-refractivity contribution in [3.63, 3.8) is 0 Å². The van der Waals surface area contributed by atoms with Gasteiger partial charge < -0.3 is 14.4 Å². The van der Waals surface area contributed by atoms with Crippen molar-refractivity contribution in [2.45, 2.75) is 18.6 Å². The van der Waals surface area contributed by atoms with Gasteiger partial charge in [0.1, 0.15) is 5.25 Å². The molecule has 8 heteroatoms. The van der Waals surface area contributed by atoms with Crippen LogP contribution in [0.1, 0.15) is 12.0 Å². The number of hydrogen-bond acceptors (Lipinski definition) is 5. The van der Waals surface area contributed by atoms with Gasteiger partial charge in [0.2, 0.25) is 15.9 Å². The molecule has 1 saturated heterocycles. The highest BCUT2D eigenvalue weighted by atomic mass is 32.2. The number of rotatable bonds is 4. The maximum absolute atomic E-state index is 12.1. The van der Waals surface area contributed by atoms with E-state index in [0.717, 1.165) is 5.56 Å². The molecule has 0 bridgehead atoms. The summed E-state index contributed by atoms with van der Waals surface area (Å²) in [5.74, 6) is 0.752. The minimum absolute atomic E-state index is 0.0496. The fourth-order valence-corrected chi connectivity index (χ4v) is 3.12.